The quantitative estimate of drug-likeness (QED) is 0.836. The first-order valence-corrected chi connectivity index (χ1v) is 6.88. The highest BCUT2D eigenvalue weighted by Crippen LogP contribution is 2.30. The van der Waals surface area contributed by atoms with E-state index in [9.17, 15) is 4.79 Å². The van der Waals surface area contributed by atoms with Gasteiger partial charge in [-0.15, -0.1) is 5.10 Å². The van der Waals surface area contributed by atoms with Crippen molar-refractivity contribution in [3.05, 3.63) is 42.0 Å². The number of hydrogen-bond donors (Lipinski definition) is 0. The third-order valence-corrected chi connectivity index (χ3v) is 3.73. The maximum Gasteiger partial charge on any atom is 0.252 e. The van der Waals surface area contributed by atoms with Gasteiger partial charge in [-0.05, 0) is 31.4 Å². The van der Waals surface area contributed by atoms with Crippen molar-refractivity contribution in [2.24, 2.45) is 0 Å². The molecule has 1 amide bonds. The van der Waals surface area contributed by atoms with E-state index in [1.807, 2.05) is 29.2 Å². The Morgan fingerprint density at radius 1 is 1.48 bits per heavy atom. The summed E-state index contributed by atoms with van der Waals surface area (Å²) in [6.45, 7) is 2.14. The van der Waals surface area contributed by atoms with E-state index >= 15 is 0 Å². The third-order valence-electron chi connectivity index (χ3n) is 3.73. The zero-order valence-corrected chi connectivity index (χ0v) is 11.7. The maximum absolute atomic E-state index is 12.6. The van der Waals surface area contributed by atoms with Crippen LogP contribution in [-0.2, 0) is 17.8 Å². The molecule has 0 saturated heterocycles. The number of hydrogen-bond acceptors (Lipinski definition) is 4. The molecule has 1 aromatic carbocycles. The summed E-state index contributed by atoms with van der Waals surface area (Å²) in [5.74, 6) is 0.0407. The lowest BCUT2D eigenvalue weighted by atomic mass is 9.96. The SMILES string of the molecule is C[C@@H]1CCc2ccccc2N1C(=O)Cn1cnc(C#N)n1. The standard InChI is InChI=1S/C15H15N5O/c1-11-6-7-12-4-2-3-5-13(12)20(11)15(21)9-19-10-17-14(8-16)18-19/h2-5,10-11H,6-7,9H2,1H3/t11-/m1/s1. The second-order valence-corrected chi connectivity index (χ2v) is 5.16. The summed E-state index contributed by atoms with van der Waals surface area (Å²) in [5.41, 5.74) is 2.17. The first kappa shape index (κ1) is 13.3. The number of anilines is 1. The Labute approximate surface area is 122 Å². The second kappa shape index (κ2) is 5.37. The summed E-state index contributed by atoms with van der Waals surface area (Å²) >= 11 is 0. The summed E-state index contributed by atoms with van der Waals surface area (Å²) in [6, 6.07) is 9.99. The number of benzene rings is 1. The lowest BCUT2D eigenvalue weighted by molar-refractivity contribution is -0.119. The van der Waals surface area contributed by atoms with Gasteiger partial charge in [0.25, 0.3) is 5.82 Å². The molecule has 6 nitrogen and oxygen atoms in total. The molecule has 1 atom stereocenters. The monoisotopic (exact) mass is 281 g/mol. The van der Waals surface area contributed by atoms with E-state index in [4.69, 9.17) is 5.26 Å². The summed E-state index contributed by atoms with van der Waals surface area (Å²) < 4.78 is 1.41. The highest BCUT2D eigenvalue weighted by molar-refractivity contribution is 5.95. The molecule has 0 bridgehead atoms. The number of carbonyl (C=O) groups excluding carboxylic acids is 1. The van der Waals surface area contributed by atoms with Gasteiger partial charge < -0.3 is 4.90 Å². The summed E-state index contributed by atoms with van der Waals surface area (Å²) in [6.07, 6.45) is 3.35. The average molecular weight is 281 g/mol. The van der Waals surface area contributed by atoms with E-state index in [-0.39, 0.29) is 24.3 Å². The summed E-state index contributed by atoms with van der Waals surface area (Å²) in [5, 5.41) is 12.7. The normalized spacial score (nSPS) is 17.1. The molecule has 21 heavy (non-hydrogen) atoms. The molecular weight excluding hydrogens is 266 g/mol. The fourth-order valence-corrected chi connectivity index (χ4v) is 2.71. The summed E-state index contributed by atoms with van der Waals surface area (Å²) in [4.78, 5) is 18.2. The van der Waals surface area contributed by atoms with E-state index < -0.39 is 0 Å². The number of carbonyl (C=O) groups is 1. The van der Waals surface area contributed by atoms with Crippen LogP contribution in [-0.4, -0.2) is 26.7 Å². The van der Waals surface area contributed by atoms with Crippen LogP contribution in [0.5, 0.6) is 0 Å². The molecule has 1 aliphatic rings. The van der Waals surface area contributed by atoms with Crippen molar-refractivity contribution >= 4 is 11.6 Å². The van der Waals surface area contributed by atoms with Crippen LogP contribution in [0, 0.1) is 11.3 Å². The smallest absolute Gasteiger partial charge is 0.252 e. The predicted molar refractivity (Wildman–Crippen MR) is 76.4 cm³/mol. The van der Waals surface area contributed by atoms with Crippen LogP contribution in [0.25, 0.3) is 0 Å². The van der Waals surface area contributed by atoms with Crippen LogP contribution in [0.3, 0.4) is 0 Å². The molecule has 0 saturated carbocycles. The Hall–Kier alpha value is -2.68. The van der Waals surface area contributed by atoms with Crippen molar-refractivity contribution in [2.45, 2.75) is 32.4 Å². The Bertz CT molecular complexity index is 715. The molecule has 0 spiro atoms. The fourth-order valence-electron chi connectivity index (χ4n) is 2.71. The van der Waals surface area contributed by atoms with Crippen molar-refractivity contribution in [1.29, 1.82) is 5.26 Å². The largest absolute Gasteiger partial charge is 0.308 e. The highest BCUT2D eigenvalue weighted by Gasteiger charge is 2.28. The van der Waals surface area contributed by atoms with Crippen molar-refractivity contribution in [3.63, 3.8) is 0 Å². The van der Waals surface area contributed by atoms with E-state index in [0.29, 0.717) is 0 Å². The number of amides is 1. The number of nitriles is 1. The molecule has 1 aromatic heterocycles. The van der Waals surface area contributed by atoms with Crippen molar-refractivity contribution in [3.8, 4) is 6.07 Å². The van der Waals surface area contributed by atoms with Crippen LogP contribution in [0.1, 0.15) is 24.7 Å². The molecule has 0 fully saturated rings. The van der Waals surface area contributed by atoms with E-state index in [1.165, 1.54) is 16.6 Å². The first-order valence-electron chi connectivity index (χ1n) is 6.88. The van der Waals surface area contributed by atoms with Gasteiger partial charge in [0.2, 0.25) is 5.91 Å². The minimum Gasteiger partial charge on any atom is -0.308 e. The first-order chi connectivity index (χ1) is 10.2. The highest BCUT2D eigenvalue weighted by atomic mass is 16.2. The molecule has 6 heteroatoms. The van der Waals surface area contributed by atoms with Gasteiger partial charge in [-0.2, -0.15) is 5.26 Å². The van der Waals surface area contributed by atoms with Gasteiger partial charge in [0.05, 0.1) is 0 Å². The van der Waals surface area contributed by atoms with Gasteiger partial charge in [0.15, 0.2) is 0 Å². The van der Waals surface area contributed by atoms with Crippen molar-refractivity contribution in [2.75, 3.05) is 4.90 Å². The molecule has 2 aromatic rings. The van der Waals surface area contributed by atoms with E-state index in [1.54, 1.807) is 0 Å². The van der Waals surface area contributed by atoms with Crippen LogP contribution in [0.2, 0.25) is 0 Å². The maximum atomic E-state index is 12.6. The van der Waals surface area contributed by atoms with Crippen molar-refractivity contribution in [1.82, 2.24) is 14.8 Å². The number of nitrogens with zero attached hydrogens (tertiary/aromatic N) is 5. The Morgan fingerprint density at radius 2 is 2.29 bits per heavy atom. The molecule has 0 radical (unpaired) electrons. The molecule has 0 N–H and O–H groups in total. The van der Waals surface area contributed by atoms with Crippen LogP contribution in [0.4, 0.5) is 5.69 Å². The second-order valence-electron chi connectivity index (χ2n) is 5.16. The molecule has 3 rings (SSSR count). The predicted octanol–water partition coefficient (Wildman–Crippen LogP) is 1.52. The zero-order valence-electron chi connectivity index (χ0n) is 11.7. The lowest BCUT2D eigenvalue weighted by Gasteiger charge is -2.35. The zero-order chi connectivity index (χ0) is 14.8. The Morgan fingerprint density at radius 3 is 3.05 bits per heavy atom. The Kier molecular flexibility index (Phi) is 3.40. The number of aromatic nitrogens is 3. The third kappa shape index (κ3) is 2.50. The summed E-state index contributed by atoms with van der Waals surface area (Å²) in [7, 11) is 0. The van der Waals surface area contributed by atoms with Gasteiger partial charge >= 0.3 is 0 Å². The number of aryl methyl sites for hydroxylation is 1. The number of rotatable bonds is 2. The minimum absolute atomic E-state index is 0.0379. The van der Waals surface area contributed by atoms with Crippen LogP contribution in [0.15, 0.2) is 30.6 Å². The number of fused-ring (bicyclic) bond motifs is 1. The molecule has 1 aliphatic heterocycles. The van der Waals surface area contributed by atoms with Gasteiger partial charge in [-0.25, -0.2) is 9.67 Å². The molecule has 2 heterocycles. The van der Waals surface area contributed by atoms with E-state index in [0.717, 1.165) is 18.5 Å². The van der Waals surface area contributed by atoms with Crippen molar-refractivity contribution < 1.29 is 4.79 Å². The topological polar surface area (TPSA) is 74.8 Å². The van der Waals surface area contributed by atoms with Gasteiger partial charge in [0, 0.05) is 11.7 Å². The molecular formula is C15H15N5O. The fraction of sp³-hybridized carbons (Fsp3) is 0.333. The van der Waals surface area contributed by atoms with Gasteiger partial charge in [0.1, 0.15) is 18.9 Å². The lowest BCUT2D eigenvalue weighted by Crippen LogP contribution is -2.43. The van der Waals surface area contributed by atoms with Crippen LogP contribution < -0.4 is 4.90 Å². The molecule has 0 unspecified atom stereocenters. The number of para-hydroxylation sites is 1. The van der Waals surface area contributed by atoms with Gasteiger partial charge in [-0.1, -0.05) is 18.2 Å². The average Bonchev–Trinajstić information content (AvgIpc) is 2.94. The Balaban J connectivity index is 1.85. The van der Waals surface area contributed by atoms with Crippen LogP contribution >= 0.6 is 0 Å². The minimum atomic E-state index is -0.0379. The molecule has 0 aliphatic carbocycles. The van der Waals surface area contributed by atoms with Gasteiger partial charge in [-0.3, -0.25) is 4.79 Å². The van der Waals surface area contributed by atoms with E-state index in [2.05, 4.69) is 23.1 Å². The molecule has 106 valence electrons.